The molecule has 0 unspecified atom stereocenters. The van der Waals surface area contributed by atoms with Crippen LogP contribution in [0.15, 0.2) is 39.5 Å². The van der Waals surface area contributed by atoms with Crippen molar-refractivity contribution in [3.63, 3.8) is 0 Å². The third-order valence-corrected chi connectivity index (χ3v) is 4.15. The Bertz CT molecular complexity index is 988. The van der Waals surface area contributed by atoms with Gasteiger partial charge in [-0.15, -0.1) is 0 Å². The first-order valence-electron chi connectivity index (χ1n) is 8.60. The molecule has 0 N–H and O–H groups in total. The first-order valence-corrected chi connectivity index (χ1v) is 8.60. The standard InChI is InChI=1S/C19H22N2O7/c1-5-11-19(2)27-16(24)13(17(25)28-19)10-8-6-7-9-12-14(22)20(3)18(26)21(4)15(12)23/h6-10,22H,5,11H2,1-4H3/p-1. The summed E-state index contributed by atoms with van der Waals surface area (Å²) in [6.45, 7) is 3.40. The number of hydrogen-bond acceptors (Lipinski definition) is 7. The van der Waals surface area contributed by atoms with Gasteiger partial charge in [0.15, 0.2) is 0 Å². The van der Waals surface area contributed by atoms with Crippen LogP contribution in [0.2, 0.25) is 0 Å². The number of allylic oxidation sites excluding steroid dienone is 4. The molecular weight excluding hydrogens is 368 g/mol. The zero-order valence-electron chi connectivity index (χ0n) is 16.1. The van der Waals surface area contributed by atoms with E-state index in [-0.39, 0.29) is 11.1 Å². The summed E-state index contributed by atoms with van der Waals surface area (Å²) in [5.41, 5.74) is -1.88. The average Bonchev–Trinajstić information content (AvgIpc) is 2.62. The van der Waals surface area contributed by atoms with E-state index < -0.39 is 34.9 Å². The lowest BCUT2D eigenvalue weighted by Crippen LogP contribution is -2.44. The van der Waals surface area contributed by atoms with E-state index in [2.05, 4.69) is 0 Å². The second kappa shape index (κ2) is 8.12. The lowest BCUT2D eigenvalue weighted by atomic mass is 10.1. The molecule has 2 heterocycles. The Balaban J connectivity index is 2.19. The quantitative estimate of drug-likeness (QED) is 0.307. The maximum absolute atomic E-state index is 12.0. The molecule has 9 nitrogen and oxygen atoms in total. The molecule has 0 bridgehead atoms. The smallest absolute Gasteiger partial charge is 0.348 e. The molecule has 2 rings (SSSR count). The number of aromatic nitrogens is 2. The number of carbonyl (C=O) groups is 2. The molecule has 150 valence electrons. The molecule has 0 spiro atoms. The van der Waals surface area contributed by atoms with E-state index in [0.717, 1.165) is 9.13 Å². The van der Waals surface area contributed by atoms with E-state index in [9.17, 15) is 24.3 Å². The van der Waals surface area contributed by atoms with Gasteiger partial charge in [0, 0.05) is 33.0 Å². The van der Waals surface area contributed by atoms with Crippen molar-refractivity contribution in [2.45, 2.75) is 32.5 Å². The van der Waals surface area contributed by atoms with Gasteiger partial charge in [-0.3, -0.25) is 9.36 Å². The van der Waals surface area contributed by atoms with Gasteiger partial charge >= 0.3 is 17.6 Å². The van der Waals surface area contributed by atoms with Gasteiger partial charge in [0.1, 0.15) is 5.57 Å². The van der Waals surface area contributed by atoms with Crippen LogP contribution in [0, 0.1) is 0 Å². The minimum absolute atomic E-state index is 0.186. The second-order valence-corrected chi connectivity index (χ2v) is 6.41. The van der Waals surface area contributed by atoms with Crippen LogP contribution < -0.4 is 16.4 Å². The van der Waals surface area contributed by atoms with Gasteiger partial charge in [-0.2, -0.15) is 0 Å². The fourth-order valence-electron chi connectivity index (χ4n) is 2.66. The number of nitrogens with zero attached hydrogens (tertiary/aromatic N) is 2. The van der Waals surface area contributed by atoms with Crippen LogP contribution in [-0.2, 0) is 33.2 Å². The van der Waals surface area contributed by atoms with E-state index in [1.165, 1.54) is 51.4 Å². The molecule has 1 aromatic rings. The molecule has 0 aliphatic carbocycles. The summed E-state index contributed by atoms with van der Waals surface area (Å²) in [4.78, 5) is 47.7. The molecule has 28 heavy (non-hydrogen) atoms. The molecule has 0 saturated carbocycles. The number of hydrogen-bond donors (Lipinski definition) is 0. The zero-order chi connectivity index (χ0) is 21.1. The normalized spacial score (nSPS) is 19.9. The number of carbonyl (C=O) groups excluding carboxylic acids is 2. The first-order chi connectivity index (χ1) is 13.1. The Morgan fingerprint density at radius 1 is 1.00 bits per heavy atom. The summed E-state index contributed by atoms with van der Waals surface area (Å²) in [6.07, 6.45) is 7.69. The van der Waals surface area contributed by atoms with Gasteiger partial charge in [-0.1, -0.05) is 25.2 Å². The first kappa shape index (κ1) is 20.9. The fourth-order valence-corrected chi connectivity index (χ4v) is 2.66. The number of cyclic esters (lactones) is 2. The van der Waals surface area contributed by atoms with Crippen molar-refractivity contribution in [3.05, 3.63) is 56.3 Å². The van der Waals surface area contributed by atoms with Crippen molar-refractivity contribution in [2.24, 2.45) is 14.1 Å². The lowest BCUT2D eigenvalue weighted by molar-refractivity contribution is -0.280. The van der Waals surface area contributed by atoms with Crippen LogP contribution in [-0.4, -0.2) is 26.9 Å². The Labute approximate surface area is 160 Å². The molecule has 1 aliphatic heterocycles. The van der Waals surface area contributed by atoms with Crippen LogP contribution in [0.4, 0.5) is 0 Å². The summed E-state index contributed by atoms with van der Waals surface area (Å²) in [5.74, 6) is -3.55. The molecule has 1 fully saturated rings. The van der Waals surface area contributed by atoms with Gasteiger partial charge in [-0.25, -0.2) is 14.4 Å². The van der Waals surface area contributed by atoms with E-state index in [0.29, 0.717) is 12.8 Å². The highest BCUT2D eigenvalue weighted by atomic mass is 16.7. The van der Waals surface area contributed by atoms with Crippen LogP contribution in [0.5, 0.6) is 5.88 Å². The van der Waals surface area contributed by atoms with Gasteiger partial charge in [-0.05, 0) is 24.5 Å². The number of rotatable bonds is 5. The third-order valence-electron chi connectivity index (χ3n) is 4.15. The summed E-state index contributed by atoms with van der Waals surface area (Å²) < 4.78 is 12.0. The highest BCUT2D eigenvalue weighted by molar-refractivity contribution is 6.15. The molecule has 0 atom stereocenters. The summed E-state index contributed by atoms with van der Waals surface area (Å²) in [5, 5.41) is 12.0. The molecule has 0 amide bonds. The summed E-state index contributed by atoms with van der Waals surface area (Å²) >= 11 is 0. The predicted octanol–water partition coefficient (Wildman–Crippen LogP) is 0.270. The van der Waals surface area contributed by atoms with Crippen LogP contribution in [0.3, 0.4) is 0 Å². The van der Waals surface area contributed by atoms with Gasteiger partial charge in [0.2, 0.25) is 0 Å². The minimum atomic E-state index is -1.27. The fraction of sp³-hybridized carbons (Fsp3) is 0.368. The molecule has 1 aliphatic rings. The van der Waals surface area contributed by atoms with E-state index in [4.69, 9.17) is 9.47 Å². The highest BCUT2D eigenvalue weighted by Gasteiger charge is 2.41. The van der Waals surface area contributed by atoms with Crippen LogP contribution >= 0.6 is 0 Å². The lowest BCUT2D eigenvalue weighted by Gasteiger charge is -2.32. The zero-order valence-corrected chi connectivity index (χ0v) is 16.1. The van der Waals surface area contributed by atoms with Crippen molar-refractivity contribution in [3.8, 4) is 5.88 Å². The molecule has 0 radical (unpaired) electrons. The van der Waals surface area contributed by atoms with E-state index in [1.807, 2.05) is 6.92 Å². The van der Waals surface area contributed by atoms with Gasteiger partial charge < -0.3 is 19.1 Å². The van der Waals surface area contributed by atoms with Gasteiger partial charge in [0.05, 0.1) is 0 Å². The Hall–Kier alpha value is -3.36. The Kier molecular flexibility index (Phi) is 6.07. The Morgan fingerprint density at radius 2 is 1.61 bits per heavy atom. The largest absolute Gasteiger partial charge is 0.859 e. The molecule has 0 aromatic carbocycles. The summed E-state index contributed by atoms with van der Waals surface area (Å²) in [7, 11) is 2.54. The number of ether oxygens (including phenoxy) is 2. The van der Waals surface area contributed by atoms with Crippen molar-refractivity contribution in [2.75, 3.05) is 0 Å². The molecular formula is C19H21N2O7-. The molecule has 1 saturated heterocycles. The van der Waals surface area contributed by atoms with E-state index >= 15 is 0 Å². The topological polar surface area (TPSA) is 120 Å². The van der Waals surface area contributed by atoms with Gasteiger partial charge in [0.25, 0.3) is 11.3 Å². The predicted molar refractivity (Wildman–Crippen MR) is 98.1 cm³/mol. The molecule has 1 aromatic heterocycles. The Morgan fingerprint density at radius 3 is 2.18 bits per heavy atom. The van der Waals surface area contributed by atoms with Crippen molar-refractivity contribution >= 4 is 18.0 Å². The van der Waals surface area contributed by atoms with Crippen LogP contribution in [0.25, 0.3) is 6.08 Å². The van der Waals surface area contributed by atoms with Crippen molar-refractivity contribution in [1.29, 1.82) is 0 Å². The minimum Gasteiger partial charge on any atom is -0.859 e. The monoisotopic (exact) mass is 389 g/mol. The maximum Gasteiger partial charge on any atom is 0.348 e. The van der Waals surface area contributed by atoms with Crippen molar-refractivity contribution < 1.29 is 24.2 Å². The van der Waals surface area contributed by atoms with Crippen molar-refractivity contribution in [1.82, 2.24) is 9.13 Å². The molecule has 9 heteroatoms. The SMILES string of the molecule is CCCC1(C)OC(=O)C(=CC=CC=Cc2c([O-])n(C)c(=O)n(C)c2=O)C(=O)O1. The van der Waals surface area contributed by atoms with E-state index in [1.54, 1.807) is 0 Å². The van der Waals surface area contributed by atoms with Crippen LogP contribution in [0.1, 0.15) is 32.3 Å². The number of esters is 2. The maximum atomic E-state index is 12.0. The summed E-state index contributed by atoms with van der Waals surface area (Å²) in [6, 6.07) is 0. The average molecular weight is 389 g/mol. The highest BCUT2D eigenvalue weighted by Crippen LogP contribution is 2.27. The third kappa shape index (κ3) is 4.13. The second-order valence-electron chi connectivity index (χ2n) is 6.41.